The summed E-state index contributed by atoms with van der Waals surface area (Å²) in [5, 5.41) is 0. The Bertz CT molecular complexity index is 728. The third-order valence-electron chi connectivity index (χ3n) is 4.63. The minimum Gasteiger partial charge on any atom is -0.345 e. The predicted molar refractivity (Wildman–Crippen MR) is 88.6 cm³/mol. The molecule has 2 aromatic heterocycles. The van der Waals surface area contributed by atoms with E-state index >= 15 is 0 Å². The van der Waals surface area contributed by atoms with Crippen LogP contribution in [0.15, 0.2) is 29.3 Å². The number of hydrogen-bond acceptors (Lipinski definition) is 5. The highest BCUT2D eigenvalue weighted by atomic mass is 79.9. The largest absolute Gasteiger partial charge is 0.345 e. The van der Waals surface area contributed by atoms with Crippen molar-refractivity contribution in [3.05, 3.63) is 46.3 Å². The van der Waals surface area contributed by atoms with Crippen molar-refractivity contribution in [1.82, 2.24) is 19.9 Å². The summed E-state index contributed by atoms with van der Waals surface area (Å²) in [4.78, 5) is 16.8. The maximum atomic E-state index is 14.3. The SMILES string of the molecule is Cc1ncnc(N2C3CC2CN(Cc2cncc(Br)c2)C3)c1F. The van der Waals surface area contributed by atoms with Crippen LogP contribution in [0.5, 0.6) is 0 Å². The zero-order valence-electron chi connectivity index (χ0n) is 12.8. The van der Waals surface area contributed by atoms with Crippen molar-refractivity contribution in [2.45, 2.75) is 32.0 Å². The predicted octanol–water partition coefficient (Wildman–Crippen LogP) is 2.54. The fraction of sp³-hybridized carbons (Fsp3) is 0.438. The third-order valence-corrected chi connectivity index (χ3v) is 5.06. The zero-order chi connectivity index (χ0) is 16.0. The molecule has 23 heavy (non-hydrogen) atoms. The monoisotopic (exact) mass is 377 g/mol. The first kappa shape index (κ1) is 15.0. The van der Waals surface area contributed by atoms with Gasteiger partial charge >= 0.3 is 0 Å². The van der Waals surface area contributed by atoms with Gasteiger partial charge in [-0.1, -0.05) is 0 Å². The highest BCUT2D eigenvalue weighted by Gasteiger charge is 2.46. The molecule has 5 rings (SSSR count). The molecule has 0 aliphatic carbocycles. The average Bonchev–Trinajstić information content (AvgIpc) is 2.52. The van der Waals surface area contributed by atoms with Crippen LogP contribution in [0, 0.1) is 12.7 Å². The van der Waals surface area contributed by atoms with E-state index in [4.69, 9.17) is 0 Å². The molecular weight excluding hydrogens is 361 g/mol. The number of halogens is 2. The van der Waals surface area contributed by atoms with E-state index < -0.39 is 0 Å². The van der Waals surface area contributed by atoms with Crippen LogP contribution in [0.2, 0.25) is 0 Å². The van der Waals surface area contributed by atoms with E-state index in [2.05, 4.69) is 46.7 Å². The van der Waals surface area contributed by atoms with Gasteiger partial charge in [0, 0.05) is 48.6 Å². The van der Waals surface area contributed by atoms with Crippen molar-refractivity contribution in [2.75, 3.05) is 18.0 Å². The van der Waals surface area contributed by atoms with Gasteiger partial charge < -0.3 is 4.90 Å². The Hall–Kier alpha value is -1.60. The molecule has 0 radical (unpaired) electrons. The molecule has 2 bridgehead atoms. The molecule has 120 valence electrons. The third kappa shape index (κ3) is 2.72. The summed E-state index contributed by atoms with van der Waals surface area (Å²) in [6, 6.07) is 2.76. The van der Waals surface area contributed by atoms with E-state index in [1.807, 2.05) is 6.20 Å². The number of aromatic nitrogens is 3. The Morgan fingerprint density at radius 3 is 2.78 bits per heavy atom. The maximum absolute atomic E-state index is 14.3. The van der Waals surface area contributed by atoms with Gasteiger partial charge in [0.05, 0.1) is 5.69 Å². The summed E-state index contributed by atoms with van der Waals surface area (Å²) in [6.07, 6.45) is 6.25. The lowest BCUT2D eigenvalue weighted by Crippen LogP contribution is -2.69. The molecule has 0 aromatic carbocycles. The van der Waals surface area contributed by atoms with Gasteiger partial charge in [-0.15, -0.1) is 0 Å². The average molecular weight is 378 g/mol. The van der Waals surface area contributed by atoms with Crippen molar-refractivity contribution in [1.29, 1.82) is 0 Å². The van der Waals surface area contributed by atoms with Crippen LogP contribution in [0.25, 0.3) is 0 Å². The minimum atomic E-state index is -0.285. The second kappa shape index (κ2) is 5.79. The highest BCUT2D eigenvalue weighted by Crippen LogP contribution is 2.37. The number of pyridine rings is 1. The van der Waals surface area contributed by atoms with Crippen LogP contribution in [-0.4, -0.2) is 45.0 Å². The number of hydrogen-bond donors (Lipinski definition) is 0. The Labute approximate surface area is 142 Å². The van der Waals surface area contributed by atoms with Crippen molar-refractivity contribution < 1.29 is 4.39 Å². The molecule has 2 unspecified atom stereocenters. The first-order valence-corrected chi connectivity index (χ1v) is 8.48. The van der Waals surface area contributed by atoms with E-state index in [1.54, 1.807) is 13.1 Å². The Morgan fingerprint density at radius 1 is 1.26 bits per heavy atom. The standard InChI is InChI=1S/C16H17BrFN5/c1-10-15(18)16(21-9-20-10)23-13-3-14(23)8-22(7-13)6-11-2-12(17)5-19-4-11/h2,4-5,9,13-14H,3,6-8H2,1H3. The normalized spacial score (nSPS) is 23.7. The molecule has 2 aromatic rings. The van der Waals surface area contributed by atoms with Gasteiger partial charge in [-0.25, -0.2) is 14.4 Å². The van der Waals surface area contributed by atoms with Crippen LogP contribution in [-0.2, 0) is 6.54 Å². The Morgan fingerprint density at radius 2 is 2.04 bits per heavy atom. The van der Waals surface area contributed by atoms with Gasteiger partial charge in [0.15, 0.2) is 11.6 Å². The van der Waals surface area contributed by atoms with Gasteiger partial charge in [-0.2, -0.15) is 0 Å². The molecular formula is C16H17BrFN5. The molecule has 3 aliphatic rings. The quantitative estimate of drug-likeness (QED) is 0.822. The highest BCUT2D eigenvalue weighted by molar-refractivity contribution is 9.10. The molecule has 3 fully saturated rings. The van der Waals surface area contributed by atoms with Crippen molar-refractivity contribution in [2.24, 2.45) is 0 Å². The molecule has 0 amide bonds. The first-order valence-electron chi connectivity index (χ1n) is 7.69. The topological polar surface area (TPSA) is 45.2 Å². The molecule has 2 atom stereocenters. The smallest absolute Gasteiger partial charge is 0.186 e. The summed E-state index contributed by atoms with van der Waals surface area (Å²) in [5.74, 6) is 0.175. The summed E-state index contributed by atoms with van der Waals surface area (Å²) in [6.45, 7) is 4.40. The summed E-state index contributed by atoms with van der Waals surface area (Å²) < 4.78 is 15.3. The van der Waals surface area contributed by atoms with E-state index in [9.17, 15) is 4.39 Å². The number of anilines is 1. The van der Waals surface area contributed by atoms with Gasteiger partial charge in [0.2, 0.25) is 0 Å². The lowest BCUT2D eigenvalue weighted by atomic mass is 9.87. The van der Waals surface area contributed by atoms with E-state index in [0.29, 0.717) is 23.6 Å². The van der Waals surface area contributed by atoms with Crippen LogP contribution < -0.4 is 4.90 Å². The van der Waals surface area contributed by atoms with E-state index in [0.717, 1.165) is 30.5 Å². The zero-order valence-corrected chi connectivity index (χ0v) is 14.4. The van der Waals surface area contributed by atoms with Crippen molar-refractivity contribution in [3.8, 4) is 0 Å². The van der Waals surface area contributed by atoms with Gasteiger partial charge in [-0.3, -0.25) is 9.88 Å². The first-order chi connectivity index (χ1) is 11.1. The fourth-order valence-corrected chi connectivity index (χ4v) is 4.01. The number of nitrogens with zero attached hydrogens (tertiary/aromatic N) is 5. The van der Waals surface area contributed by atoms with Crippen LogP contribution in [0.3, 0.4) is 0 Å². The molecule has 0 spiro atoms. The van der Waals surface area contributed by atoms with Crippen LogP contribution in [0.1, 0.15) is 17.7 Å². The lowest BCUT2D eigenvalue weighted by Gasteiger charge is -2.57. The summed E-state index contributed by atoms with van der Waals surface area (Å²) in [5.41, 5.74) is 1.60. The van der Waals surface area contributed by atoms with Gasteiger partial charge in [-0.05, 0) is 40.9 Å². The number of fused-ring (bicyclic) bond motifs is 2. The second-order valence-corrected chi connectivity index (χ2v) is 7.17. The van der Waals surface area contributed by atoms with E-state index in [-0.39, 0.29) is 5.82 Å². The van der Waals surface area contributed by atoms with Gasteiger partial charge in [0.25, 0.3) is 0 Å². The molecule has 3 saturated heterocycles. The number of aryl methyl sites for hydroxylation is 1. The Balaban J connectivity index is 1.47. The lowest BCUT2D eigenvalue weighted by molar-refractivity contribution is 0.106. The van der Waals surface area contributed by atoms with Crippen LogP contribution in [0.4, 0.5) is 10.2 Å². The maximum Gasteiger partial charge on any atom is 0.186 e. The number of piperazine rings is 1. The Kier molecular flexibility index (Phi) is 3.77. The summed E-state index contributed by atoms with van der Waals surface area (Å²) >= 11 is 3.46. The van der Waals surface area contributed by atoms with Crippen molar-refractivity contribution in [3.63, 3.8) is 0 Å². The number of piperidine rings is 1. The van der Waals surface area contributed by atoms with Gasteiger partial charge in [0.1, 0.15) is 6.33 Å². The van der Waals surface area contributed by atoms with Crippen molar-refractivity contribution >= 4 is 21.7 Å². The summed E-state index contributed by atoms with van der Waals surface area (Å²) in [7, 11) is 0. The molecule has 5 heterocycles. The van der Waals surface area contributed by atoms with E-state index in [1.165, 1.54) is 11.9 Å². The minimum absolute atomic E-state index is 0.285. The molecule has 7 heteroatoms. The molecule has 3 aliphatic heterocycles. The molecule has 0 saturated carbocycles. The second-order valence-electron chi connectivity index (χ2n) is 6.25. The molecule has 0 N–H and O–H groups in total. The number of rotatable bonds is 3. The van der Waals surface area contributed by atoms with Crippen LogP contribution >= 0.6 is 15.9 Å². The molecule has 5 nitrogen and oxygen atoms in total. The fourth-order valence-electron chi connectivity index (χ4n) is 3.60.